The molecule has 5 heteroatoms. The van der Waals surface area contributed by atoms with Crippen LogP contribution in [0.25, 0.3) is 32.8 Å². The van der Waals surface area contributed by atoms with Gasteiger partial charge in [-0.2, -0.15) is 0 Å². The lowest BCUT2D eigenvalue weighted by Crippen LogP contribution is -2.49. The highest BCUT2D eigenvalue weighted by atomic mass is 16.5. The van der Waals surface area contributed by atoms with Crippen LogP contribution in [0.5, 0.6) is 0 Å². The molecule has 4 rings (SSSR count). The lowest BCUT2D eigenvalue weighted by molar-refractivity contribution is -0.0893. The summed E-state index contributed by atoms with van der Waals surface area (Å²) in [5.74, 6) is 0. The Labute approximate surface area is 153 Å². The monoisotopic (exact) mass is 346 g/mol. The lowest BCUT2D eigenvalue weighted by atomic mass is 9.85. The van der Waals surface area contributed by atoms with Gasteiger partial charge in [0.25, 0.3) is 0 Å². The van der Waals surface area contributed by atoms with Crippen molar-refractivity contribution in [2.75, 3.05) is 0 Å². The molecule has 131 valence electrons. The summed E-state index contributed by atoms with van der Waals surface area (Å²) >= 11 is 0. The summed E-state index contributed by atoms with van der Waals surface area (Å²) in [5, 5.41) is 14.6. The molecule has 1 N–H and O–H groups in total. The SMILES string of the molecule is CC(C)(O)C(C)(C)O[B]c1ccc2c(n1)oc1ccc3ccccc3c12. The molecule has 2 heterocycles. The predicted molar refractivity (Wildman–Crippen MR) is 106 cm³/mol. The van der Waals surface area contributed by atoms with Gasteiger partial charge in [-0.1, -0.05) is 30.3 Å². The first-order valence-electron chi connectivity index (χ1n) is 8.71. The van der Waals surface area contributed by atoms with Gasteiger partial charge < -0.3 is 14.2 Å². The van der Waals surface area contributed by atoms with Crippen LogP contribution in [-0.2, 0) is 4.65 Å². The molecular formula is C21H21BNO3. The fourth-order valence-electron chi connectivity index (χ4n) is 2.86. The summed E-state index contributed by atoms with van der Waals surface area (Å²) in [4.78, 5) is 4.58. The number of benzene rings is 2. The third kappa shape index (κ3) is 2.77. The Morgan fingerprint density at radius 1 is 0.962 bits per heavy atom. The average Bonchev–Trinajstić information content (AvgIpc) is 2.97. The third-order valence-corrected chi connectivity index (χ3v) is 5.20. The van der Waals surface area contributed by atoms with Crippen LogP contribution in [0.3, 0.4) is 0 Å². The van der Waals surface area contributed by atoms with Gasteiger partial charge in [0, 0.05) is 16.4 Å². The number of pyridine rings is 1. The molecule has 4 nitrogen and oxygen atoms in total. The molecule has 0 amide bonds. The van der Waals surface area contributed by atoms with Gasteiger partial charge in [-0.15, -0.1) is 0 Å². The van der Waals surface area contributed by atoms with Crippen LogP contribution in [0.4, 0.5) is 0 Å². The maximum atomic E-state index is 10.2. The van der Waals surface area contributed by atoms with E-state index in [1.165, 1.54) is 5.39 Å². The maximum Gasteiger partial charge on any atom is 0.351 e. The Hall–Kier alpha value is -2.37. The molecule has 0 saturated heterocycles. The molecule has 1 radical (unpaired) electrons. The third-order valence-electron chi connectivity index (χ3n) is 5.20. The van der Waals surface area contributed by atoms with E-state index in [4.69, 9.17) is 9.07 Å². The normalized spacial score (nSPS) is 13.0. The van der Waals surface area contributed by atoms with Crippen LogP contribution in [0.2, 0.25) is 0 Å². The zero-order chi connectivity index (χ0) is 18.5. The summed E-state index contributed by atoms with van der Waals surface area (Å²) in [6, 6.07) is 16.2. The van der Waals surface area contributed by atoms with E-state index in [-0.39, 0.29) is 0 Å². The van der Waals surface area contributed by atoms with E-state index in [0.717, 1.165) is 21.7 Å². The Morgan fingerprint density at radius 2 is 1.73 bits per heavy atom. The Kier molecular flexibility index (Phi) is 3.83. The van der Waals surface area contributed by atoms with Crippen LogP contribution in [-0.4, -0.2) is 28.8 Å². The van der Waals surface area contributed by atoms with Gasteiger partial charge in [-0.25, -0.2) is 4.98 Å². The van der Waals surface area contributed by atoms with Gasteiger partial charge >= 0.3 is 7.48 Å². The molecule has 2 aromatic carbocycles. The quantitative estimate of drug-likeness (QED) is 0.569. The fourth-order valence-corrected chi connectivity index (χ4v) is 2.86. The predicted octanol–water partition coefficient (Wildman–Crippen LogP) is 3.94. The van der Waals surface area contributed by atoms with Gasteiger partial charge in [0.1, 0.15) is 5.58 Å². The topological polar surface area (TPSA) is 55.5 Å². The molecule has 0 spiro atoms. The number of nitrogens with zero attached hydrogens (tertiary/aromatic N) is 1. The fraction of sp³-hybridized carbons (Fsp3) is 0.286. The van der Waals surface area contributed by atoms with E-state index >= 15 is 0 Å². The average molecular weight is 346 g/mol. The first-order valence-corrected chi connectivity index (χ1v) is 8.71. The maximum absolute atomic E-state index is 10.2. The van der Waals surface area contributed by atoms with E-state index in [0.29, 0.717) is 11.3 Å². The summed E-state index contributed by atoms with van der Waals surface area (Å²) in [5.41, 5.74) is 0.327. The van der Waals surface area contributed by atoms with Gasteiger partial charge in [0.05, 0.1) is 11.2 Å². The highest BCUT2D eigenvalue weighted by molar-refractivity contribution is 6.46. The Bertz CT molecular complexity index is 1110. The van der Waals surface area contributed by atoms with Crippen LogP contribution in [0.1, 0.15) is 27.7 Å². The minimum Gasteiger partial charge on any atom is -0.438 e. The van der Waals surface area contributed by atoms with Crippen molar-refractivity contribution in [1.29, 1.82) is 0 Å². The van der Waals surface area contributed by atoms with Crippen molar-refractivity contribution in [1.82, 2.24) is 4.98 Å². The van der Waals surface area contributed by atoms with Crippen molar-refractivity contribution in [2.24, 2.45) is 0 Å². The first kappa shape index (κ1) is 17.1. The molecule has 0 bridgehead atoms. The van der Waals surface area contributed by atoms with Crippen molar-refractivity contribution in [3.63, 3.8) is 0 Å². The zero-order valence-electron chi connectivity index (χ0n) is 15.4. The standard InChI is InChI=1S/C21H21BNO3/c1-20(2,24)21(3,4)26-22-17-12-10-15-18-14-8-6-5-7-13(14)9-11-16(18)25-19(15)23-17/h5-12,24H,1-4H3. The highest BCUT2D eigenvalue weighted by Crippen LogP contribution is 2.33. The van der Waals surface area contributed by atoms with Crippen LogP contribution >= 0.6 is 0 Å². The van der Waals surface area contributed by atoms with Crippen molar-refractivity contribution < 1.29 is 14.2 Å². The summed E-state index contributed by atoms with van der Waals surface area (Å²) < 4.78 is 11.8. The number of aromatic nitrogens is 1. The molecule has 0 aliphatic heterocycles. The molecular weight excluding hydrogens is 325 g/mol. The summed E-state index contributed by atoms with van der Waals surface area (Å²) in [6.07, 6.45) is 0. The molecule has 0 aliphatic carbocycles. The van der Waals surface area contributed by atoms with E-state index in [1.807, 2.05) is 44.2 Å². The Balaban J connectivity index is 1.74. The minimum atomic E-state index is -0.980. The number of rotatable bonds is 4. The van der Waals surface area contributed by atoms with E-state index < -0.39 is 11.2 Å². The molecule has 0 saturated carbocycles. The van der Waals surface area contributed by atoms with Crippen molar-refractivity contribution >= 4 is 45.9 Å². The van der Waals surface area contributed by atoms with Gasteiger partial charge in [0.2, 0.25) is 5.71 Å². The number of aliphatic hydroxyl groups is 1. The number of fused-ring (bicyclic) bond motifs is 5. The van der Waals surface area contributed by atoms with Crippen LogP contribution < -0.4 is 5.59 Å². The second kappa shape index (κ2) is 5.83. The molecule has 4 aromatic rings. The second-order valence-corrected chi connectivity index (χ2v) is 7.66. The molecule has 0 aliphatic rings. The minimum absolute atomic E-state index is 0.578. The largest absolute Gasteiger partial charge is 0.438 e. The Morgan fingerprint density at radius 3 is 2.50 bits per heavy atom. The highest BCUT2D eigenvalue weighted by Gasteiger charge is 2.35. The van der Waals surface area contributed by atoms with Crippen LogP contribution in [0.15, 0.2) is 52.9 Å². The smallest absolute Gasteiger partial charge is 0.351 e. The molecule has 2 aromatic heterocycles. The van der Waals surface area contributed by atoms with E-state index in [9.17, 15) is 5.11 Å². The molecule has 0 fully saturated rings. The van der Waals surface area contributed by atoms with Gasteiger partial charge in [0.15, 0.2) is 0 Å². The zero-order valence-corrected chi connectivity index (χ0v) is 15.4. The van der Waals surface area contributed by atoms with Crippen molar-refractivity contribution in [2.45, 2.75) is 38.9 Å². The second-order valence-electron chi connectivity index (χ2n) is 7.66. The molecule has 26 heavy (non-hydrogen) atoms. The van der Waals surface area contributed by atoms with E-state index in [2.05, 4.69) is 23.2 Å². The summed E-state index contributed by atoms with van der Waals surface area (Å²) in [6.45, 7) is 7.13. The van der Waals surface area contributed by atoms with Crippen molar-refractivity contribution in [3.05, 3.63) is 48.5 Å². The molecule has 0 atom stereocenters. The van der Waals surface area contributed by atoms with Gasteiger partial charge in [-0.3, -0.25) is 0 Å². The van der Waals surface area contributed by atoms with Crippen LogP contribution in [0, 0.1) is 0 Å². The van der Waals surface area contributed by atoms with E-state index in [1.54, 1.807) is 21.3 Å². The lowest BCUT2D eigenvalue weighted by Gasteiger charge is -2.37. The summed E-state index contributed by atoms with van der Waals surface area (Å²) in [7, 11) is 1.57. The number of furan rings is 1. The molecule has 0 unspecified atom stereocenters. The van der Waals surface area contributed by atoms with Gasteiger partial charge in [-0.05, 0) is 56.7 Å². The van der Waals surface area contributed by atoms with Crippen molar-refractivity contribution in [3.8, 4) is 0 Å². The number of hydrogen-bond acceptors (Lipinski definition) is 4. The first-order chi connectivity index (χ1) is 12.3. The number of hydrogen-bond donors (Lipinski definition) is 1.